The molecule has 1 heterocycles. The predicted octanol–water partition coefficient (Wildman–Crippen LogP) is 2.14. The minimum atomic E-state index is -0.511. The van der Waals surface area contributed by atoms with Crippen LogP contribution in [0.1, 0.15) is 35.7 Å². The van der Waals surface area contributed by atoms with E-state index in [1.54, 1.807) is 30.9 Å². The van der Waals surface area contributed by atoms with Crippen LogP contribution in [-0.2, 0) is 0 Å². The molecule has 1 aliphatic rings. The summed E-state index contributed by atoms with van der Waals surface area (Å²) in [6.07, 6.45) is 1.07. The van der Waals surface area contributed by atoms with Crippen molar-refractivity contribution in [1.29, 1.82) is 0 Å². The number of nitro benzene ring substituents is 1. The molecule has 1 aromatic rings. The van der Waals surface area contributed by atoms with Crippen molar-refractivity contribution < 1.29 is 14.8 Å². The van der Waals surface area contributed by atoms with Crippen LogP contribution in [0, 0.1) is 23.0 Å². The van der Waals surface area contributed by atoms with Gasteiger partial charge in [-0.2, -0.15) is 0 Å². The third kappa shape index (κ3) is 3.21. The maximum Gasteiger partial charge on any atom is 0.282 e. The first-order valence-corrected chi connectivity index (χ1v) is 7.13. The third-order valence-electron chi connectivity index (χ3n) is 4.17. The molecule has 2 rings (SSSR count). The molecule has 0 radical (unpaired) electrons. The standard InChI is InChI=1S/C15H20N2O4/c1-10-4-3-5-13(17(20)21)14(10)15(19)16-8-6-12(7-9-16)11(2)18/h3-5,11-12,18H,6-9H2,1-2H3. The zero-order valence-corrected chi connectivity index (χ0v) is 12.3. The van der Waals surface area contributed by atoms with E-state index in [-0.39, 0.29) is 29.2 Å². The van der Waals surface area contributed by atoms with Gasteiger partial charge in [0.15, 0.2) is 0 Å². The molecule has 0 bridgehead atoms. The highest BCUT2D eigenvalue weighted by Crippen LogP contribution is 2.27. The highest BCUT2D eigenvalue weighted by Gasteiger charge is 2.30. The molecule has 0 aliphatic carbocycles. The van der Waals surface area contributed by atoms with Gasteiger partial charge in [0.25, 0.3) is 11.6 Å². The number of nitrogens with zero attached hydrogens (tertiary/aromatic N) is 2. The molecule has 1 fully saturated rings. The fourth-order valence-corrected chi connectivity index (χ4v) is 2.83. The van der Waals surface area contributed by atoms with Crippen molar-refractivity contribution in [2.45, 2.75) is 32.8 Å². The normalized spacial score (nSPS) is 17.6. The largest absolute Gasteiger partial charge is 0.393 e. The monoisotopic (exact) mass is 292 g/mol. The van der Waals surface area contributed by atoms with Gasteiger partial charge in [-0.05, 0) is 38.2 Å². The number of aliphatic hydroxyl groups is 1. The van der Waals surface area contributed by atoms with Gasteiger partial charge in [-0.1, -0.05) is 12.1 Å². The number of piperidine rings is 1. The van der Waals surface area contributed by atoms with Gasteiger partial charge in [0.05, 0.1) is 11.0 Å². The quantitative estimate of drug-likeness (QED) is 0.683. The molecule has 1 aromatic carbocycles. The van der Waals surface area contributed by atoms with E-state index >= 15 is 0 Å². The summed E-state index contributed by atoms with van der Waals surface area (Å²) in [5.74, 6) is -0.0928. The van der Waals surface area contributed by atoms with Crippen molar-refractivity contribution in [3.05, 3.63) is 39.4 Å². The van der Waals surface area contributed by atoms with E-state index in [1.807, 2.05) is 0 Å². The second kappa shape index (κ2) is 6.22. The fourth-order valence-electron chi connectivity index (χ4n) is 2.83. The maximum atomic E-state index is 12.6. The first kappa shape index (κ1) is 15.4. The maximum absolute atomic E-state index is 12.6. The summed E-state index contributed by atoms with van der Waals surface area (Å²) in [6.45, 7) is 4.52. The molecule has 6 heteroatoms. The topological polar surface area (TPSA) is 83.7 Å². The SMILES string of the molecule is Cc1cccc([N+](=O)[O-])c1C(=O)N1CCC(C(C)O)CC1. The summed E-state index contributed by atoms with van der Waals surface area (Å²) >= 11 is 0. The molecule has 1 amide bonds. The molecule has 1 N–H and O–H groups in total. The van der Waals surface area contributed by atoms with Crippen molar-refractivity contribution in [2.24, 2.45) is 5.92 Å². The Balaban J connectivity index is 2.20. The van der Waals surface area contributed by atoms with Crippen LogP contribution in [0.25, 0.3) is 0 Å². The molecular weight excluding hydrogens is 272 g/mol. The summed E-state index contributed by atoms with van der Waals surface area (Å²) in [7, 11) is 0. The summed E-state index contributed by atoms with van der Waals surface area (Å²) in [5.41, 5.74) is 0.655. The average Bonchev–Trinajstić information content (AvgIpc) is 2.46. The lowest BCUT2D eigenvalue weighted by Gasteiger charge is -2.33. The van der Waals surface area contributed by atoms with Crippen molar-refractivity contribution in [2.75, 3.05) is 13.1 Å². The molecule has 1 atom stereocenters. The van der Waals surface area contributed by atoms with E-state index in [0.717, 1.165) is 12.8 Å². The highest BCUT2D eigenvalue weighted by atomic mass is 16.6. The molecule has 1 aliphatic heterocycles. The number of carbonyl (C=O) groups excluding carboxylic acids is 1. The Morgan fingerprint density at radius 1 is 1.43 bits per heavy atom. The number of aliphatic hydroxyl groups excluding tert-OH is 1. The summed E-state index contributed by atoms with van der Waals surface area (Å²) in [6, 6.07) is 4.66. The first-order valence-electron chi connectivity index (χ1n) is 7.13. The second-order valence-corrected chi connectivity index (χ2v) is 5.60. The number of amides is 1. The Bertz CT molecular complexity index is 549. The van der Waals surface area contributed by atoms with Gasteiger partial charge in [-0.3, -0.25) is 14.9 Å². The molecule has 114 valence electrons. The second-order valence-electron chi connectivity index (χ2n) is 5.60. The predicted molar refractivity (Wildman–Crippen MR) is 78.1 cm³/mol. The summed E-state index contributed by atoms with van der Waals surface area (Å²) < 4.78 is 0. The van der Waals surface area contributed by atoms with Gasteiger partial charge in [0.2, 0.25) is 0 Å². The van der Waals surface area contributed by atoms with Gasteiger partial charge in [-0.15, -0.1) is 0 Å². The van der Waals surface area contributed by atoms with Crippen molar-refractivity contribution in [3.63, 3.8) is 0 Å². The molecular formula is C15H20N2O4. The van der Waals surface area contributed by atoms with Gasteiger partial charge in [-0.25, -0.2) is 0 Å². The first-order chi connectivity index (χ1) is 9.91. The van der Waals surface area contributed by atoms with Crippen LogP contribution >= 0.6 is 0 Å². The zero-order valence-electron chi connectivity index (χ0n) is 12.3. The van der Waals surface area contributed by atoms with Crippen LogP contribution in [0.5, 0.6) is 0 Å². The number of likely N-dealkylation sites (tertiary alicyclic amines) is 1. The molecule has 0 spiro atoms. The van der Waals surface area contributed by atoms with Crippen LogP contribution in [0.3, 0.4) is 0 Å². The zero-order chi connectivity index (χ0) is 15.6. The molecule has 6 nitrogen and oxygen atoms in total. The lowest BCUT2D eigenvalue weighted by Crippen LogP contribution is -2.41. The Morgan fingerprint density at radius 2 is 2.05 bits per heavy atom. The molecule has 1 saturated heterocycles. The number of hydrogen-bond donors (Lipinski definition) is 1. The number of carbonyl (C=O) groups is 1. The van der Waals surface area contributed by atoms with Gasteiger partial charge < -0.3 is 10.0 Å². The van der Waals surface area contributed by atoms with Crippen LogP contribution in [0.4, 0.5) is 5.69 Å². The van der Waals surface area contributed by atoms with Gasteiger partial charge in [0.1, 0.15) is 5.56 Å². The van der Waals surface area contributed by atoms with Crippen LogP contribution < -0.4 is 0 Å². The van der Waals surface area contributed by atoms with E-state index in [0.29, 0.717) is 18.7 Å². The third-order valence-corrected chi connectivity index (χ3v) is 4.17. The Hall–Kier alpha value is -1.95. The minimum Gasteiger partial charge on any atom is -0.393 e. The van der Waals surface area contributed by atoms with Crippen LogP contribution in [-0.4, -0.2) is 40.0 Å². The lowest BCUT2D eigenvalue weighted by molar-refractivity contribution is -0.385. The highest BCUT2D eigenvalue weighted by molar-refractivity contribution is 5.99. The molecule has 1 unspecified atom stereocenters. The molecule has 0 saturated carbocycles. The van der Waals surface area contributed by atoms with Crippen molar-refractivity contribution >= 4 is 11.6 Å². The number of nitro groups is 1. The van der Waals surface area contributed by atoms with Gasteiger partial charge in [0, 0.05) is 19.2 Å². The summed E-state index contributed by atoms with van der Waals surface area (Å²) in [5, 5.41) is 20.7. The Kier molecular flexibility index (Phi) is 4.57. The molecule has 21 heavy (non-hydrogen) atoms. The number of hydrogen-bond acceptors (Lipinski definition) is 4. The van der Waals surface area contributed by atoms with Crippen LogP contribution in [0.15, 0.2) is 18.2 Å². The fraction of sp³-hybridized carbons (Fsp3) is 0.533. The molecule has 0 aromatic heterocycles. The van der Waals surface area contributed by atoms with E-state index < -0.39 is 4.92 Å². The van der Waals surface area contributed by atoms with E-state index in [2.05, 4.69) is 0 Å². The van der Waals surface area contributed by atoms with Crippen LogP contribution in [0.2, 0.25) is 0 Å². The van der Waals surface area contributed by atoms with E-state index in [4.69, 9.17) is 0 Å². The summed E-state index contributed by atoms with van der Waals surface area (Å²) in [4.78, 5) is 24.8. The lowest BCUT2D eigenvalue weighted by atomic mass is 9.91. The Morgan fingerprint density at radius 3 is 2.57 bits per heavy atom. The minimum absolute atomic E-state index is 0.141. The number of aryl methyl sites for hydroxylation is 1. The van der Waals surface area contributed by atoms with E-state index in [1.165, 1.54) is 6.07 Å². The van der Waals surface area contributed by atoms with Crippen molar-refractivity contribution in [3.8, 4) is 0 Å². The number of benzene rings is 1. The smallest absolute Gasteiger partial charge is 0.282 e. The van der Waals surface area contributed by atoms with Gasteiger partial charge >= 0.3 is 0 Å². The Labute approximate surface area is 123 Å². The van der Waals surface area contributed by atoms with E-state index in [9.17, 15) is 20.0 Å². The average molecular weight is 292 g/mol. The number of rotatable bonds is 3. The van der Waals surface area contributed by atoms with Crippen molar-refractivity contribution in [1.82, 2.24) is 4.90 Å².